The number of nitro groups is 1. The third-order valence-electron chi connectivity index (χ3n) is 3.30. The molecule has 0 heterocycles. The van der Waals surface area contributed by atoms with Gasteiger partial charge in [-0.05, 0) is 29.8 Å². The van der Waals surface area contributed by atoms with E-state index in [-0.39, 0.29) is 22.8 Å². The number of carboxylic acids is 1. The topological polar surface area (TPSA) is 116 Å². The fourth-order valence-electron chi connectivity index (χ4n) is 2.08. The summed E-state index contributed by atoms with van der Waals surface area (Å²) < 4.78 is 9.85. The van der Waals surface area contributed by atoms with Crippen LogP contribution in [-0.4, -0.2) is 29.1 Å². The number of ether oxygens (including phenoxy) is 2. The first-order valence-corrected chi connectivity index (χ1v) is 8.13. The lowest BCUT2D eigenvalue weighted by molar-refractivity contribution is -0.387. The summed E-state index contributed by atoms with van der Waals surface area (Å²) in [6.45, 7) is 1.17. The van der Waals surface area contributed by atoms with Crippen molar-refractivity contribution in [3.8, 4) is 5.75 Å². The maximum atomic E-state index is 11.5. The summed E-state index contributed by atoms with van der Waals surface area (Å²) in [6.07, 6.45) is 0. The Hall–Kier alpha value is -3.07. The molecule has 136 valence electrons. The molecule has 0 atom stereocenters. The number of hydrogen-bond acceptors (Lipinski definition) is 7. The van der Waals surface area contributed by atoms with Gasteiger partial charge in [0.05, 0.1) is 22.5 Å². The van der Waals surface area contributed by atoms with Gasteiger partial charge in [0.15, 0.2) is 0 Å². The molecule has 0 aliphatic rings. The highest BCUT2D eigenvalue weighted by Gasteiger charge is 2.19. The van der Waals surface area contributed by atoms with E-state index in [2.05, 4.69) is 0 Å². The van der Waals surface area contributed by atoms with Gasteiger partial charge < -0.3 is 14.6 Å². The molecule has 2 rings (SSSR count). The van der Waals surface area contributed by atoms with Gasteiger partial charge in [0.2, 0.25) is 0 Å². The van der Waals surface area contributed by atoms with Crippen molar-refractivity contribution in [3.63, 3.8) is 0 Å². The highest BCUT2D eigenvalue weighted by Crippen LogP contribution is 2.38. The summed E-state index contributed by atoms with van der Waals surface area (Å²) in [6, 6.07) is 8.85. The fourth-order valence-corrected chi connectivity index (χ4v) is 3.08. The van der Waals surface area contributed by atoms with E-state index in [4.69, 9.17) is 9.47 Å². The van der Waals surface area contributed by atoms with Crippen molar-refractivity contribution in [1.29, 1.82) is 0 Å². The van der Waals surface area contributed by atoms with Crippen LogP contribution in [0.3, 0.4) is 0 Å². The minimum atomic E-state index is -1.17. The molecule has 1 N–H and O–H groups in total. The SMILES string of the molecule is COc1ccc(Sc2ccc(COC(C)=O)cc2[N+](=O)[O-])c(C(=O)O)c1. The molecule has 0 aromatic heterocycles. The van der Waals surface area contributed by atoms with Crippen molar-refractivity contribution in [2.75, 3.05) is 7.11 Å². The van der Waals surface area contributed by atoms with Crippen LogP contribution < -0.4 is 4.74 Å². The Labute approximate surface area is 152 Å². The van der Waals surface area contributed by atoms with Gasteiger partial charge in [-0.15, -0.1) is 0 Å². The average Bonchev–Trinajstić information content (AvgIpc) is 2.60. The molecule has 26 heavy (non-hydrogen) atoms. The minimum Gasteiger partial charge on any atom is -0.497 e. The van der Waals surface area contributed by atoms with Gasteiger partial charge in [0.25, 0.3) is 5.69 Å². The predicted octanol–water partition coefficient (Wildman–Crippen LogP) is 3.52. The van der Waals surface area contributed by atoms with Crippen molar-refractivity contribution in [1.82, 2.24) is 0 Å². The normalized spacial score (nSPS) is 10.2. The molecular formula is C17H15NO7S. The molecule has 0 fully saturated rings. The number of carboxylic acid groups (broad SMARTS) is 1. The van der Waals surface area contributed by atoms with Crippen molar-refractivity contribution >= 4 is 29.4 Å². The zero-order chi connectivity index (χ0) is 19.3. The van der Waals surface area contributed by atoms with Gasteiger partial charge in [-0.3, -0.25) is 14.9 Å². The Morgan fingerprint density at radius 3 is 2.46 bits per heavy atom. The molecule has 0 amide bonds. The van der Waals surface area contributed by atoms with Gasteiger partial charge in [-0.25, -0.2) is 4.79 Å². The molecule has 8 nitrogen and oxygen atoms in total. The molecule has 0 spiro atoms. The Balaban J connectivity index is 2.38. The molecule has 0 saturated heterocycles. The molecule has 0 unspecified atom stereocenters. The highest BCUT2D eigenvalue weighted by atomic mass is 32.2. The maximum absolute atomic E-state index is 11.5. The van der Waals surface area contributed by atoms with Crippen LogP contribution in [0.2, 0.25) is 0 Å². The molecule has 0 aliphatic heterocycles. The van der Waals surface area contributed by atoms with E-state index in [0.717, 1.165) is 11.8 Å². The molecule has 0 radical (unpaired) electrons. The van der Waals surface area contributed by atoms with Gasteiger partial charge in [-0.2, -0.15) is 0 Å². The number of esters is 1. The second-order valence-electron chi connectivity index (χ2n) is 5.11. The average molecular weight is 377 g/mol. The Bertz CT molecular complexity index is 866. The summed E-state index contributed by atoms with van der Waals surface area (Å²) in [5.74, 6) is -1.28. The Morgan fingerprint density at radius 1 is 1.19 bits per heavy atom. The fraction of sp³-hybridized carbons (Fsp3) is 0.176. The zero-order valence-electron chi connectivity index (χ0n) is 13.9. The van der Waals surface area contributed by atoms with Crippen LogP contribution in [0.15, 0.2) is 46.2 Å². The second-order valence-corrected chi connectivity index (χ2v) is 6.19. The number of rotatable bonds is 7. The lowest BCUT2D eigenvalue weighted by atomic mass is 10.2. The summed E-state index contributed by atoms with van der Waals surface area (Å²) in [7, 11) is 1.42. The standard InChI is InChI=1S/C17H15NO7S/c1-10(19)25-9-11-3-5-16(14(7-11)18(22)23)26-15-6-4-12(24-2)8-13(15)17(20)21/h3-8H,9H2,1-2H3,(H,20,21). The van der Waals surface area contributed by atoms with E-state index in [1.54, 1.807) is 12.1 Å². The van der Waals surface area contributed by atoms with Crippen LogP contribution in [0.5, 0.6) is 5.75 Å². The number of methoxy groups -OCH3 is 1. The molecule has 2 aromatic carbocycles. The smallest absolute Gasteiger partial charge is 0.336 e. The van der Waals surface area contributed by atoms with Crippen LogP contribution in [0, 0.1) is 10.1 Å². The second kappa shape index (κ2) is 8.34. The number of nitro benzene ring substituents is 1. The van der Waals surface area contributed by atoms with Crippen molar-refractivity contribution in [2.24, 2.45) is 0 Å². The number of carbonyl (C=O) groups is 2. The lowest BCUT2D eigenvalue weighted by Gasteiger charge is -2.09. The minimum absolute atomic E-state index is 0.0207. The van der Waals surface area contributed by atoms with E-state index in [1.165, 1.54) is 38.3 Å². The monoisotopic (exact) mass is 377 g/mol. The van der Waals surface area contributed by atoms with Gasteiger partial charge in [0, 0.05) is 17.9 Å². The number of nitrogens with zero attached hydrogens (tertiary/aromatic N) is 1. The first-order valence-electron chi connectivity index (χ1n) is 7.31. The van der Waals surface area contributed by atoms with Gasteiger partial charge in [0.1, 0.15) is 12.4 Å². The molecule has 9 heteroatoms. The van der Waals surface area contributed by atoms with E-state index in [0.29, 0.717) is 16.2 Å². The third-order valence-corrected chi connectivity index (χ3v) is 4.44. The van der Waals surface area contributed by atoms with E-state index >= 15 is 0 Å². The quantitative estimate of drug-likeness (QED) is 0.443. The van der Waals surface area contributed by atoms with Crippen LogP contribution in [-0.2, 0) is 16.1 Å². The molecule has 0 saturated carbocycles. The zero-order valence-corrected chi connectivity index (χ0v) is 14.7. The van der Waals surface area contributed by atoms with E-state index in [1.807, 2.05) is 0 Å². The van der Waals surface area contributed by atoms with Crippen molar-refractivity contribution in [3.05, 3.63) is 57.6 Å². The van der Waals surface area contributed by atoms with Crippen LogP contribution in [0.25, 0.3) is 0 Å². The van der Waals surface area contributed by atoms with Crippen molar-refractivity contribution < 1.29 is 29.1 Å². The third kappa shape index (κ3) is 4.73. The largest absolute Gasteiger partial charge is 0.497 e. The Morgan fingerprint density at radius 2 is 1.88 bits per heavy atom. The Kier molecular flexibility index (Phi) is 6.18. The summed E-state index contributed by atoms with van der Waals surface area (Å²) in [5.41, 5.74) is 0.240. The molecular weight excluding hydrogens is 362 g/mol. The van der Waals surface area contributed by atoms with E-state index in [9.17, 15) is 24.8 Å². The molecule has 0 bridgehead atoms. The summed E-state index contributed by atoms with van der Waals surface area (Å²) >= 11 is 0.964. The summed E-state index contributed by atoms with van der Waals surface area (Å²) in [5, 5.41) is 20.7. The highest BCUT2D eigenvalue weighted by molar-refractivity contribution is 7.99. The van der Waals surface area contributed by atoms with E-state index < -0.39 is 16.9 Å². The maximum Gasteiger partial charge on any atom is 0.336 e. The van der Waals surface area contributed by atoms with Crippen LogP contribution >= 0.6 is 11.8 Å². The first kappa shape index (κ1) is 19.3. The van der Waals surface area contributed by atoms with Gasteiger partial charge in [-0.1, -0.05) is 17.8 Å². The van der Waals surface area contributed by atoms with Gasteiger partial charge >= 0.3 is 11.9 Å². The molecule has 0 aliphatic carbocycles. The van der Waals surface area contributed by atoms with Crippen molar-refractivity contribution in [2.45, 2.75) is 23.3 Å². The number of benzene rings is 2. The first-order chi connectivity index (χ1) is 12.3. The van der Waals surface area contributed by atoms with Crippen LogP contribution in [0.1, 0.15) is 22.8 Å². The molecule has 2 aromatic rings. The predicted molar refractivity (Wildman–Crippen MR) is 92.6 cm³/mol. The number of carbonyl (C=O) groups excluding carboxylic acids is 1. The summed E-state index contributed by atoms with van der Waals surface area (Å²) in [4.78, 5) is 33.7. The lowest BCUT2D eigenvalue weighted by Crippen LogP contribution is -2.01. The number of hydrogen-bond donors (Lipinski definition) is 1. The van der Waals surface area contributed by atoms with Crippen LogP contribution in [0.4, 0.5) is 5.69 Å². The number of aromatic carboxylic acids is 1.